The molecule has 0 aliphatic heterocycles. The molecule has 108 valence electrons. The van der Waals surface area contributed by atoms with E-state index in [1.807, 2.05) is 25.3 Å². The van der Waals surface area contributed by atoms with Gasteiger partial charge in [-0.3, -0.25) is 0 Å². The molecule has 2 aromatic rings. The van der Waals surface area contributed by atoms with Crippen LogP contribution in [0.3, 0.4) is 0 Å². The minimum Gasteiger partial charge on any atom is -0.316 e. The maximum Gasteiger partial charge on any atom is 0.126 e. The molecule has 0 fully saturated rings. The standard InChI is InChI=1S/C16H21FN2S/c1-3-8-18-10-13(9-14-11-19-12(2)20-14)15-6-4-5-7-16(15)17/h4-7,11,13,18H,3,8-10H2,1-2H3. The molecule has 0 saturated carbocycles. The topological polar surface area (TPSA) is 24.9 Å². The second kappa shape index (κ2) is 7.50. The van der Waals surface area contributed by atoms with E-state index in [9.17, 15) is 4.39 Å². The molecule has 0 spiro atoms. The number of halogens is 1. The van der Waals surface area contributed by atoms with Gasteiger partial charge in [0.2, 0.25) is 0 Å². The van der Waals surface area contributed by atoms with Crippen LogP contribution in [0.4, 0.5) is 4.39 Å². The van der Waals surface area contributed by atoms with Crippen LogP contribution in [0.25, 0.3) is 0 Å². The minimum absolute atomic E-state index is 0.114. The number of hydrogen-bond acceptors (Lipinski definition) is 3. The highest BCUT2D eigenvalue weighted by Crippen LogP contribution is 2.25. The number of benzene rings is 1. The van der Waals surface area contributed by atoms with E-state index in [1.54, 1.807) is 23.5 Å². The Bertz CT molecular complexity index is 539. The van der Waals surface area contributed by atoms with Crippen molar-refractivity contribution in [3.8, 4) is 0 Å². The van der Waals surface area contributed by atoms with Gasteiger partial charge in [-0.15, -0.1) is 11.3 Å². The first kappa shape index (κ1) is 15.1. The highest BCUT2D eigenvalue weighted by molar-refractivity contribution is 7.11. The average Bonchev–Trinajstić information content (AvgIpc) is 2.84. The first-order valence-electron chi connectivity index (χ1n) is 7.07. The van der Waals surface area contributed by atoms with E-state index in [2.05, 4.69) is 17.2 Å². The van der Waals surface area contributed by atoms with Gasteiger partial charge < -0.3 is 5.32 Å². The smallest absolute Gasteiger partial charge is 0.126 e. The van der Waals surface area contributed by atoms with Crippen LogP contribution >= 0.6 is 11.3 Å². The molecule has 4 heteroatoms. The van der Waals surface area contributed by atoms with Gasteiger partial charge >= 0.3 is 0 Å². The van der Waals surface area contributed by atoms with E-state index >= 15 is 0 Å². The molecular weight excluding hydrogens is 271 g/mol. The summed E-state index contributed by atoms with van der Waals surface area (Å²) in [7, 11) is 0. The van der Waals surface area contributed by atoms with Crippen LogP contribution in [-0.4, -0.2) is 18.1 Å². The van der Waals surface area contributed by atoms with Crippen molar-refractivity contribution in [2.75, 3.05) is 13.1 Å². The summed E-state index contributed by atoms with van der Waals surface area (Å²) in [5, 5.41) is 4.47. The molecule has 1 N–H and O–H groups in total. The second-order valence-electron chi connectivity index (χ2n) is 4.97. The molecule has 1 aromatic heterocycles. The summed E-state index contributed by atoms with van der Waals surface area (Å²) in [6, 6.07) is 7.08. The van der Waals surface area contributed by atoms with Crippen molar-refractivity contribution in [2.45, 2.75) is 32.6 Å². The number of nitrogens with zero attached hydrogens (tertiary/aromatic N) is 1. The van der Waals surface area contributed by atoms with Gasteiger partial charge in [-0.2, -0.15) is 0 Å². The Labute approximate surface area is 124 Å². The highest BCUT2D eigenvalue weighted by Gasteiger charge is 2.17. The van der Waals surface area contributed by atoms with E-state index in [-0.39, 0.29) is 11.7 Å². The fourth-order valence-corrected chi connectivity index (χ4v) is 3.17. The second-order valence-corrected chi connectivity index (χ2v) is 6.29. The van der Waals surface area contributed by atoms with Crippen molar-refractivity contribution >= 4 is 11.3 Å². The summed E-state index contributed by atoms with van der Waals surface area (Å²) in [4.78, 5) is 5.50. The molecule has 1 aromatic carbocycles. The number of nitrogens with one attached hydrogen (secondary N) is 1. The van der Waals surface area contributed by atoms with E-state index in [0.717, 1.165) is 36.5 Å². The van der Waals surface area contributed by atoms with Crippen molar-refractivity contribution in [3.63, 3.8) is 0 Å². The predicted molar refractivity (Wildman–Crippen MR) is 82.9 cm³/mol. The lowest BCUT2D eigenvalue weighted by Gasteiger charge is -2.18. The van der Waals surface area contributed by atoms with Crippen molar-refractivity contribution in [1.82, 2.24) is 10.3 Å². The summed E-state index contributed by atoms with van der Waals surface area (Å²) in [5.74, 6) is 0.0413. The first-order valence-corrected chi connectivity index (χ1v) is 7.88. The SMILES string of the molecule is CCCNCC(Cc1cnc(C)s1)c1ccccc1F. The Morgan fingerprint density at radius 1 is 1.35 bits per heavy atom. The number of aromatic nitrogens is 1. The maximum atomic E-state index is 14.0. The molecule has 1 unspecified atom stereocenters. The Morgan fingerprint density at radius 3 is 2.80 bits per heavy atom. The molecule has 20 heavy (non-hydrogen) atoms. The van der Waals surface area contributed by atoms with E-state index in [0.29, 0.717) is 0 Å². The molecule has 0 bridgehead atoms. The zero-order valence-electron chi connectivity index (χ0n) is 12.0. The summed E-state index contributed by atoms with van der Waals surface area (Å²) in [5.41, 5.74) is 0.794. The Kier molecular flexibility index (Phi) is 5.68. The molecule has 1 atom stereocenters. The average molecular weight is 292 g/mol. The number of hydrogen-bond donors (Lipinski definition) is 1. The third kappa shape index (κ3) is 4.12. The number of aryl methyl sites for hydroxylation is 1. The lowest BCUT2D eigenvalue weighted by molar-refractivity contribution is 0.538. The maximum absolute atomic E-state index is 14.0. The van der Waals surface area contributed by atoms with Crippen molar-refractivity contribution in [1.29, 1.82) is 0 Å². The molecule has 0 aliphatic rings. The van der Waals surface area contributed by atoms with Crippen molar-refractivity contribution in [2.24, 2.45) is 0 Å². The van der Waals surface area contributed by atoms with Gasteiger partial charge in [-0.05, 0) is 37.9 Å². The van der Waals surface area contributed by atoms with Crippen LogP contribution in [0, 0.1) is 12.7 Å². The summed E-state index contributed by atoms with van der Waals surface area (Å²) < 4.78 is 14.0. The largest absolute Gasteiger partial charge is 0.316 e. The summed E-state index contributed by atoms with van der Waals surface area (Å²) in [6.45, 7) is 5.90. The van der Waals surface area contributed by atoms with Crippen LogP contribution in [0.1, 0.15) is 34.7 Å². The first-order chi connectivity index (χ1) is 9.70. The Hall–Kier alpha value is -1.26. The quantitative estimate of drug-likeness (QED) is 0.782. The van der Waals surface area contributed by atoms with Gasteiger partial charge in [0, 0.05) is 23.5 Å². The van der Waals surface area contributed by atoms with Crippen molar-refractivity contribution < 1.29 is 4.39 Å². The third-order valence-corrected chi connectivity index (χ3v) is 4.21. The Morgan fingerprint density at radius 2 is 2.15 bits per heavy atom. The zero-order chi connectivity index (χ0) is 14.4. The lowest BCUT2D eigenvalue weighted by atomic mass is 9.94. The number of thiazole rings is 1. The molecule has 0 saturated heterocycles. The molecule has 2 nitrogen and oxygen atoms in total. The van der Waals surface area contributed by atoms with Crippen molar-refractivity contribution in [3.05, 3.63) is 51.7 Å². The number of rotatable bonds is 7. The third-order valence-electron chi connectivity index (χ3n) is 3.28. The molecule has 0 amide bonds. The van der Waals surface area contributed by atoms with Gasteiger partial charge in [0.1, 0.15) is 5.82 Å². The van der Waals surface area contributed by atoms with E-state index in [1.165, 1.54) is 4.88 Å². The fraction of sp³-hybridized carbons (Fsp3) is 0.438. The van der Waals surface area contributed by atoms with Crippen LogP contribution in [-0.2, 0) is 6.42 Å². The molecule has 2 rings (SSSR count). The molecular formula is C16H21FN2S. The fourth-order valence-electron chi connectivity index (χ4n) is 2.29. The van der Waals surface area contributed by atoms with Crippen LogP contribution in [0.5, 0.6) is 0 Å². The lowest BCUT2D eigenvalue weighted by Crippen LogP contribution is -2.24. The van der Waals surface area contributed by atoms with Gasteiger partial charge in [0.15, 0.2) is 0 Å². The van der Waals surface area contributed by atoms with Crippen LogP contribution in [0.15, 0.2) is 30.5 Å². The summed E-state index contributed by atoms with van der Waals surface area (Å²) in [6.07, 6.45) is 3.83. The predicted octanol–water partition coefficient (Wildman–Crippen LogP) is 3.92. The molecule has 1 heterocycles. The minimum atomic E-state index is -0.114. The van der Waals surface area contributed by atoms with Gasteiger partial charge in [0.25, 0.3) is 0 Å². The highest BCUT2D eigenvalue weighted by atomic mass is 32.1. The van der Waals surface area contributed by atoms with Gasteiger partial charge in [-0.1, -0.05) is 25.1 Å². The summed E-state index contributed by atoms with van der Waals surface area (Å²) >= 11 is 1.69. The van der Waals surface area contributed by atoms with Gasteiger partial charge in [0.05, 0.1) is 5.01 Å². The molecule has 0 radical (unpaired) electrons. The molecule has 0 aliphatic carbocycles. The van der Waals surface area contributed by atoms with Crippen LogP contribution in [0.2, 0.25) is 0 Å². The van der Waals surface area contributed by atoms with E-state index in [4.69, 9.17) is 0 Å². The Balaban J connectivity index is 2.13. The zero-order valence-corrected chi connectivity index (χ0v) is 12.8. The normalized spacial score (nSPS) is 12.6. The van der Waals surface area contributed by atoms with Gasteiger partial charge in [-0.25, -0.2) is 9.37 Å². The van der Waals surface area contributed by atoms with Crippen LogP contribution < -0.4 is 5.32 Å². The monoisotopic (exact) mass is 292 g/mol. The van der Waals surface area contributed by atoms with E-state index < -0.39 is 0 Å².